The molecule has 0 aromatic carbocycles. The molecule has 9 N–H and O–H groups in total. The van der Waals surface area contributed by atoms with E-state index in [1.807, 2.05) is 6.26 Å². The fourth-order valence-electron chi connectivity index (χ4n) is 2.75. The molecule has 12 heteroatoms. The Labute approximate surface area is 193 Å². The zero-order valence-corrected chi connectivity index (χ0v) is 20.1. The molecule has 5 unspecified atom stereocenters. The molecule has 0 saturated carbocycles. The zero-order chi connectivity index (χ0) is 24.8. The molecule has 0 heterocycles. The first-order chi connectivity index (χ1) is 15.0. The number of hydrogen-bond donors (Lipinski definition) is 7. The molecule has 0 aliphatic rings. The molecule has 3 amide bonds. The van der Waals surface area contributed by atoms with Crippen LogP contribution in [-0.4, -0.2) is 82.7 Å². The van der Waals surface area contributed by atoms with Crippen LogP contribution >= 0.6 is 11.8 Å². The van der Waals surface area contributed by atoms with Crippen molar-refractivity contribution in [3.05, 3.63) is 0 Å². The first-order valence-corrected chi connectivity index (χ1v) is 12.1. The largest absolute Gasteiger partial charge is 0.480 e. The highest BCUT2D eigenvalue weighted by Gasteiger charge is 2.31. The molecular formula is C20H39N5O6S. The second kappa shape index (κ2) is 15.8. The van der Waals surface area contributed by atoms with Gasteiger partial charge in [-0.3, -0.25) is 14.4 Å². The number of aliphatic hydroxyl groups is 1. The van der Waals surface area contributed by atoms with Gasteiger partial charge in [0.05, 0.1) is 12.1 Å². The van der Waals surface area contributed by atoms with Crippen molar-refractivity contribution < 1.29 is 29.4 Å². The lowest BCUT2D eigenvalue weighted by molar-refractivity contribution is -0.145. The second-order valence-electron chi connectivity index (χ2n) is 8.02. The summed E-state index contributed by atoms with van der Waals surface area (Å²) in [4.78, 5) is 49.3. The van der Waals surface area contributed by atoms with Gasteiger partial charge in [0.25, 0.3) is 0 Å². The van der Waals surface area contributed by atoms with E-state index in [1.54, 1.807) is 13.8 Å². The number of amides is 3. The molecule has 32 heavy (non-hydrogen) atoms. The zero-order valence-electron chi connectivity index (χ0n) is 19.3. The van der Waals surface area contributed by atoms with Crippen molar-refractivity contribution in [3.8, 4) is 0 Å². The molecule has 11 nitrogen and oxygen atoms in total. The minimum absolute atomic E-state index is 0.128. The van der Waals surface area contributed by atoms with Crippen LogP contribution in [0.4, 0.5) is 0 Å². The third kappa shape index (κ3) is 11.1. The normalized spacial score (nSPS) is 15.9. The molecule has 0 spiro atoms. The van der Waals surface area contributed by atoms with E-state index in [4.69, 9.17) is 11.5 Å². The highest BCUT2D eigenvalue weighted by molar-refractivity contribution is 7.98. The number of unbranched alkanes of at least 4 members (excludes halogenated alkanes) is 1. The molecule has 0 aliphatic heterocycles. The first kappa shape index (κ1) is 30.1. The number of carboxylic acids is 1. The minimum atomic E-state index is -1.51. The summed E-state index contributed by atoms with van der Waals surface area (Å²) in [6, 6.07) is -4.27. The summed E-state index contributed by atoms with van der Waals surface area (Å²) >= 11 is 1.45. The standard InChI is InChI=1S/C20H39N5O6S/c1-11(2)15(22)19(29)24-13(7-5-6-9-21)17(27)23-14(8-10-32-4)18(28)25-16(12(3)26)20(30)31/h11-16,26H,5-10,21-22H2,1-4H3,(H,23,27)(H,24,29)(H,25,28)(H,30,31). The van der Waals surface area contributed by atoms with E-state index in [1.165, 1.54) is 18.7 Å². The smallest absolute Gasteiger partial charge is 0.328 e. The van der Waals surface area contributed by atoms with E-state index in [0.29, 0.717) is 31.6 Å². The quantitative estimate of drug-likeness (QED) is 0.133. The van der Waals surface area contributed by atoms with Gasteiger partial charge in [0, 0.05) is 0 Å². The summed E-state index contributed by atoms with van der Waals surface area (Å²) in [6.07, 6.45) is 2.28. The number of rotatable bonds is 16. The number of aliphatic carboxylic acids is 1. The van der Waals surface area contributed by atoms with Gasteiger partial charge < -0.3 is 37.6 Å². The predicted molar refractivity (Wildman–Crippen MR) is 124 cm³/mol. The summed E-state index contributed by atoms with van der Waals surface area (Å²) in [5.41, 5.74) is 11.4. The molecule has 0 aromatic heterocycles. The van der Waals surface area contributed by atoms with Crippen LogP contribution in [0, 0.1) is 5.92 Å². The first-order valence-electron chi connectivity index (χ1n) is 10.7. The van der Waals surface area contributed by atoms with Crippen molar-refractivity contribution in [1.29, 1.82) is 0 Å². The number of hydrogen-bond acceptors (Lipinski definition) is 8. The third-order valence-electron chi connectivity index (χ3n) is 4.89. The Bertz CT molecular complexity index is 619. The Hall–Kier alpha value is -1.89. The number of aliphatic hydroxyl groups excluding tert-OH is 1. The van der Waals surface area contributed by atoms with Crippen molar-refractivity contribution in [2.75, 3.05) is 18.6 Å². The van der Waals surface area contributed by atoms with Crippen molar-refractivity contribution in [1.82, 2.24) is 16.0 Å². The van der Waals surface area contributed by atoms with Crippen LogP contribution in [0.1, 0.15) is 46.5 Å². The summed E-state index contributed by atoms with van der Waals surface area (Å²) in [7, 11) is 0. The van der Waals surface area contributed by atoms with Gasteiger partial charge in [-0.15, -0.1) is 0 Å². The molecule has 0 radical (unpaired) electrons. The SMILES string of the molecule is CSCCC(NC(=O)C(CCCCN)NC(=O)C(N)C(C)C)C(=O)NC(C(=O)O)C(C)O. The van der Waals surface area contributed by atoms with E-state index in [0.717, 1.165) is 0 Å². The lowest BCUT2D eigenvalue weighted by Gasteiger charge is -2.26. The van der Waals surface area contributed by atoms with Gasteiger partial charge in [0.15, 0.2) is 6.04 Å². The maximum absolute atomic E-state index is 12.9. The molecule has 0 bridgehead atoms. The lowest BCUT2D eigenvalue weighted by atomic mass is 10.0. The van der Waals surface area contributed by atoms with E-state index < -0.39 is 54.0 Å². The average Bonchev–Trinajstić information content (AvgIpc) is 2.72. The van der Waals surface area contributed by atoms with Gasteiger partial charge in [-0.2, -0.15) is 11.8 Å². The number of nitrogens with two attached hydrogens (primary N) is 2. The van der Waals surface area contributed by atoms with Crippen molar-refractivity contribution in [3.63, 3.8) is 0 Å². The van der Waals surface area contributed by atoms with Crippen LogP contribution in [0.5, 0.6) is 0 Å². The minimum Gasteiger partial charge on any atom is -0.480 e. The highest BCUT2D eigenvalue weighted by atomic mass is 32.2. The van der Waals surface area contributed by atoms with E-state index in [2.05, 4.69) is 16.0 Å². The topological polar surface area (TPSA) is 197 Å². The van der Waals surface area contributed by atoms with Gasteiger partial charge in [0.1, 0.15) is 12.1 Å². The van der Waals surface area contributed by atoms with Crippen molar-refractivity contribution >= 4 is 35.5 Å². The second-order valence-corrected chi connectivity index (χ2v) is 9.01. The van der Waals surface area contributed by atoms with Crippen LogP contribution in [0.2, 0.25) is 0 Å². The molecule has 0 fully saturated rings. The third-order valence-corrected chi connectivity index (χ3v) is 5.53. The van der Waals surface area contributed by atoms with Crippen molar-refractivity contribution in [2.24, 2.45) is 17.4 Å². The van der Waals surface area contributed by atoms with Crippen LogP contribution in [0.3, 0.4) is 0 Å². The van der Waals surface area contributed by atoms with Gasteiger partial charge in [0.2, 0.25) is 17.7 Å². The van der Waals surface area contributed by atoms with Crippen molar-refractivity contribution in [2.45, 2.75) is 76.7 Å². The number of carboxylic acid groups (broad SMARTS) is 1. The Morgan fingerprint density at radius 2 is 1.44 bits per heavy atom. The Balaban J connectivity index is 5.45. The molecule has 5 atom stereocenters. The fraction of sp³-hybridized carbons (Fsp3) is 0.800. The number of thioether (sulfide) groups is 1. The monoisotopic (exact) mass is 477 g/mol. The summed E-state index contributed by atoms with van der Waals surface area (Å²) in [6.45, 7) is 5.26. The van der Waals surface area contributed by atoms with Crippen LogP contribution in [0.15, 0.2) is 0 Å². The van der Waals surface area contributed by atoms with Crippen LogP contribution in [-0.2, 0) is 19.2 Å². The number of carbonyl (C=O) groups excluding carboxylic acids is 3. The highest BCUT2D eigenvalue weighted by Crippen LogP contribution is 2.07. The maximum Gasteiger partial charge on any atom is 0.328 e. The molecule has 186 valence electrons. The maximum atomic E-state index is 12.9. The summed E-state index contributed by atoms with van der Waals surface area (Å²) in [5.74, 6) is -2.77. The van der Waals surface area contributed by atoms with Crippen LogP contribution in [0.25, 0.3) is 0 Å². The van der Waals surface area contributed by atoms with Gasteiger partial charge >= 0.3 is 5.97 Å². The molecule has 0 aromatic rings. The summed E-state index contributed by atoms with van der Waals surface area (Å²) < 4.78 is 0. The fourth-order valence-corrected chi connectivity index (χ4v) is 3.22. The van der Waals surface area contributed by atoms with E-state index >= 15 is 0 Å². The van der Waals surface area contributed by atoms with Gasteiger partial charge in [-0.1, -0.05) is 13.8 Å². The molecule has 0 saturated heterocycles. The van der Waals surface area contributed by atoms with Gasteiger partial charge in [-0.05, 0) is 57.1 Å². The Morgan fingerprint density at radius 3 is 1.91 bits per heavy atom. The molecular weight excluding hydrogens is 438 g/mol. The van der Waals surface area contributed by atoms with Gasteiger partial charge in [-0.25, -0.2) is 4.79 Å². The lowest BCUT2D eigenvalue weighted by Crippen LogP contribution is -2.58. The average molecular weight is 478 g/mol. The van der Waals surface area contributed by atoms with E-state index in [9.17, 15) is 29.4 Å². The van der Waals surface area contributed by atoms with E-state index in [-0.39, 0.29) is 12.3 Å². The number of nitrogens with one attached hydrogen (secondary N) is 3. The predicted octanol–water partition coefficient (Wildman–Crippen LogP) is -1.23. The number of carbonyl (C=O) groups is 4. The molecule has 0 aliphatic carbocycles. The molecule has 0 rings (SSSR count). The Morgan fingerprint density at radius 1 is 0.906 bits per heavy atom. The van der Waals surface area contributed by atoms with Crippen LogP contribution < -0.4 is 27.4 Å². The Kier molecular flexibility index (Phi) is 14.9. The summed E-state index contributed by atoms with van der Waals surface area (Å²) in [5, 5.41) is 26.3.